The summed E-state index contributed by atoms with van der Waals surface area (Å²) >= 11 is 0. The summed E-state index contributed by atoms with van der Waals surface area (Å²) in [6, 6.07) is 0. The molecular formula is C13H29NO5. The summed E-state index contributed by atoms with van der Waals surface area (Å²) in [6.07, 6.45) is -1.01. The van der Waals surface area contributed by atoms with Crippen LogP contribution in [-0.4, -0.2) is 39.5 Å². The van der Waals surface area contributed by atoms with E-state index in [1.54, 1.807) is 6.92 Å². The second kappa shape index (κ2) is 14.8. The Morgan fingerprint density at radius 2 is 1.68 bits per heavy atom. The van der Waals surface area contributed by atoms with Gasteiger partial charge < -0.3 is 25.8 Å². The van der Waals surface area contributed by atoms with Gasteiger partial charge in [0.05, 0.1) is 12.2 Å². The predicted molar refractivity (Wildman–Crippen MR) is 75.5 cm³/mol. The number of primary amides is 1. The third-order valence-corrected chi connectivity index (χ3v) is 1.69. The van der Waals surface area contributed by atoms with Crippen LogP contribution in [0.3, 0.4) is 0 Å². The summed E-state index contributed by atoms with van der Waals surface area (Å²) in [5.74, 6) is -0.295. The van der Waals surface area contributed by atoms with E-state index in [1.807, 2.05) is 27.7 Å². The molecular weight excluding hydrogens is 250 g/mol. The molecule has 3 unspecified atom stereocenters. The Labute approximate surface area is 115 Å². The van der Waals surface area contributed by atoms with Crippen molar-refractivity contribution in [2.24, 2.45) is 5.73 Å². The molecule has 0 saturated carbocycles. The number of carbonyl (C=O) groups excluding carboxylic acids is 1. The molecule has 1 aliphatic rings. The molecule has 0 bridgehead atoms. The van der Waals surface area contributed by atoms with Gasteiger partial charge >= 0.3 is 0 Å². The number of hydrogen-bond acceptors (Lipinski definition) is 5. The summed E-state index contributed by atoms with van der Waals surface area (Å²) in [4.78, 5) is 9.22. The van der Waals surface area contributed by atoms with E-state index in [-0.39, 0.29) is 17.8 Å². The summed E-state index contributed by atoms with van der Waals surface area (Å²) in [7, 11) is 0. The van der Waals surface area contributed by atoms with Crippen molar-refractivity contribution in [1.29, 1.82) is 0 Å². The first kappa shape index (κ1) is 22.9. The molecule has 116 valence electrons. The molecule has 3 atom stereocenters. The molecule has 5 N–H and O–H groups in total. The van der Waals surface area contributed by atoms with Crippen LogP contribution in [0.15, 0.2) is 12.0 Å². The molecule has 1 saturated heterocycles. The Kier molecular flexibility index (Phi) is 17.8. The summed E-state index contributed by atoms with van der Waals surface area (Å²) in [6.45, 7) is 11.1. The standard InChI is InChI=1S/C7H12O4.C2H5NO.2C2H6/c1-4-2-5(9)7(10)6(3-8)11-4;1-2(3)4;2*1-2/h3-5,7-10H,2H2,1H3;1H3,(H2,3,4);2*1-2H3/b6-3-;;;. The SMILES string of the molecule is CC.CC.CC(N)=O.CC1CC(O)C(O)/C(=C/O)O1. The van der Waals surface area contributed by atoms with Crippen LogP contribution >= 0.6 is 0 Å². The Morgan fingerprint density at radius 3 is 2.00 bits per heavy atom. The fourth-order valence-electron chi connectivity index (χ4n) is 1.12. The second-order valence-electron chi connectivity index (χ2n) is 3.32. The lowest BCUT2D eigenvalue weighted by Gasteiger charge is -2.30. The third-order valence-electron chi connectivity index (χ3n) is 1.69. The van der Waals surface area contributed by atoms with E-state index < -0.39 is 12.2 Å². The van der Waals surface area contributed by atoms with E-state index in [9.17, 15) is 4.79 Å². The van der Waals surface area contributed by atoms with Crippen molar-refractivity contribution in [3.63, 3.8) is 0 Å². The zero-order valence-corrected chi connectivity index (χ0v) is 12.8. The van der Waals surface area contributed by atoms with E-state index in [4.69, 9.17) is 20.1 Å². The Balaban J connectivity index is -0.000000271. The van der Waals surface area contributed by atoms with Crippen molar-refractivity contribution < 1.29 is 24.9 Å². The number of nitrogens with two attached hydrogens (primary N) is 1. The molecule has 1 amide bonds. The molecule has 0 aromatic carbocycles. The lowest BCUT2D eigenvalue weighted by Crippen LogP contribution is -2.38. The molecule has 0 aromatic rings. The van der Waals surface area contributed by atoms with E-state index in [0.29, 0.717) is 12.7 Å². The van der Waals surface area contributed by atoms with E-state index in [2.05, 4.69) is 5.73 Å². The number of aliphatic hydroxyl groups excluding tert-OH is 3. The van der Waals surface area contributed by atoms with Crippen LogP contribution < -0.4 is 5.73 Å². The number of carbonyl (C=O) groups is 1. The molecule has 19 heavy (non-hydrogen) atoms. The first-order valence-corrected chi connectivity index (χ1v) is 6.51. The van der Waals surface area contributed by atoms with Gasteiger partial charge in [-0.05, 0) is 6.92 Å². The molecule has 0 aromatic heterocycles. The van der Waals surface area contributed by atoms with Gasteiger partial charge in [0.2, 0.25) is 5.91 Å². The molecule has 1 aliphatic heterocycles. The van der Waals surface area contributed by atoms with Gasteiger partial charge in [0.15, 0.2) is 5.76 Å². The monoisotopic (exact) mass is 279 g/mol. The first-order chi connectivity index (χ1) is 8.88. The van der Waals surface area contributed by atoms with Gasteiger partial charge in [-0.15, -0.1) is 0 Å². The second-order valence-corrected chi connectivity index (χ2v) is 3.32. The Bertz CT molecular complexity index is 239. The molecule has 1 rings (SSSR count). The maximum absolute atomic E-state index is 9.22. The Hall–Kier alpha value is -1.27. The van der Waals surface area contributed by atoms with Crippen molar-refractivity contribution in [3.8, 4) is 0 Å². The topological polar surface area (TPSA) is 113 Å². The van der Waals surface area contributed by atoms with E-state index >= 15 is 0 Å². The summed E-state index contributed by atoms with van der Waals surface area (Å²) < 4.78 is 5.02. The maximum Gasteiger partial charge on any atom is 0.214 e. The van der Waals surface area contributed by atoms with Crippen LogP contribution in [0.4, 0.5) is 0 Å². The minimum atomic E-state index is -1.09. The smallest absolute Gasteiger partial charge is 0.214 e. The number of ether oxygens (including phenoxy) is 1. The predicted octanol–water partition coefficient (Wildman–Crippen LogP) is 1.46. The van der Waals surface area contributed by atoms with Gasteiger partial charge in [0, 0.05) is 13.3 Å². The van der Waals surface area contributed by atoms with E-state index in [1.165, 1.54) is 6.92 Å². The lowest BCUT2D eigenvalue weighted by molar-refractivity contribution is -0.115. The van der Waals surface area contributed by atoms with Crippen molar-refractivity contribution >= 4 is 5.91 Å². The molecule has 1 fully saturated rings. The van der Waals surface area contributed by atoms with Crippen LogP contribution in [0.5, 0.6) is 0 Å². The van der Waals surface area contributed by atoms with Crippen molar-refractivity contribution in [2.75, 3.05) is 0 Å². The first-order valence-electron chi connectivity index (χ1n) is 6.51. The number of aliphatic hydroxyl groups is 3. The highest BCUT2D eigenvalue weighted by Crippen LogP contribution is 2.22. The molecule has 1 heterocycles. The zero-order valence-electron chi connectivity index (χ0n) is 12.8. The van der Waals surface area contributed by atoms with Crippen LogP contribution in [0.2, 0.25) is 0 Å². The van der Waals surface area contributed by atoms with Gasteiger partial charge in [-0.2, -0.15) is 0 Å². The van der Waals surface area contributed by atoms with Crippen molar-refractivity contribution in [2.45, 2.75) is 66.3 Å². The van der Waals surface area contributed by atoms with Gasteiger partial charge in [-0.3, -0.25) is 4.79 Å². The quantitative estimate of drug-likeness (QED) is 0.501. The van der Waals surface area contributed by atoms with Gasteiger partial charge in [-0.1, -0.05) is 27.7 Å². The minimum Gasteiger partial charge on any atom is -0.512 e. The third kappa shape index (κ3) is 13.0. The van der Waals surface area contributed by atoms with Crippen LogP contribution in [0, 0.1) is 0 Å². The molecule has 0 radical (unpaired) electrons. The number of amides is 1. The van der Waals surface area contributed by atoms with E-state index in [0.717, 1.165) is 0 Å². The highest BCUT2D eigenvalue weighted by atomic mass is 16.5. The summed E-state index contributed by atoms with van der Waals surface area (Å²) in [5, 5.41) is 26.9. The average molecular weight is 279 g/mol. The van der Waals surface area contributed by atoms with Crippen molar-refractivity contribution in [1.82, 2.24) is 0 Å². The van der Waals surface area contributed by atoms with Crippen LogP contribution in [0.25, 0.3) is 0 Å². The molecule has 6 nitrogen and oxygen atoms in total. The van der Waals surface area contributed by atoms with Crippen LogP contribution in [0.1, 0.15) is 48.0 Å². The molecule has 0 aliphatic carbocycles. The molecule has 6 heteroatoms. The van der Waals surface area contributed by atoms with Gasteiger partial charge in [0.1, 0.15) is 12.4 Å². The highest BCUT2D eigenvalue weighted by Gasteiger charge is 2.30. The summed E-state index contributed by atoms with van der Waals surface area (Å²) in [5.41, 5.74) is 4.47. The zero-order chi connectivity index (χ0) is 16.0. The maximum atomic E-state index is 9.22. The highest BCUT2D eigenvalue weighted by molar-refractivity contribution is 5.70. The largest absolute Gasteiger partial charge is 0.512 e. The number of rotatable bonds is 0. The van der Waals surface area contributed by atoms with Crippen molar-refractivity contribution in [3.05, 3.63) is 12.0 Å². The fraction of sp³-hybridized carbons (Fsp3) is 0.769. The number of hydrogen-bond donors (Lipinski definition) is 4. The molecule has 0 spiro atoms. The van der Waals surface area contributed by atoms with Gasteiger partial charge in [-0.25, -0.2) is 0 Å². The van der Waals surface area contributed by atoms with Gasteiger partial charge in [0.25, 0.3) is 0 Å². The Morgan fingerprint density at radius 1 is 1.32 bits per heavy atom. The average Bonchev–Trinajstić information content (AvgIpc) is 2.38. The fourth-order valence-corrected chi connectivity index (χ4v) is 1.12. The normalized spacial score (nSPS) is 26.3. The minimum absolute atomic E-state index is 0.0382. The lowest BCUT2D eigenvalue weighted by atomic mass is 10.0. The van der Waals surface area contributed by atoms with Crippen LogP contribution in [-0.2, 0) is 9.53 Å².